The number of nitrogens with zero attached hydrogens (tertiary/aromatic N) is 1. The zero-order valence-corrected chi connectivity index (χ0v) is 13.2. The van der Waals surface area contributed by atoms with Gasteiger partial charge in [0.25, 0.3) is 5.91 Å². The lowest BCUT2D eigenvalue weighted by Gasteiger charge is -2.29. The molecule has 1 unspecified atom stereocenters. The van der Waals surface area contributed by atoms with Gasteiger partial charge in [0, 0.05) is 20.1 Å². The van der Waals surface area contributed by atoms with Crippen LogP contribution in [0, 0.1) is 19.8 Å². The third kappa shape index (κ3) is 3.85. The van der Waals surface area contributed by atoms with Crippen LogP contribution >= 0.6 is 0 Å². The Balaban J connectivity index is 2.12. The maximum Gasteiger partial charge on any atom is 0.328 e. The molecule has 1 aromatic heterocycles. The lowest BCUT2D eigenvalue weighted by Crippen LogP contribution is -2.48. The number of hydrogen-bond acceptors (Lipinski definition) is 6. The van der Waals surface area contributed by atoms with Gasteiger partial charge in [-0.05, 0) is 32.6 Å². The van der Waals surface area contributed by atoms with Gasteiger partial charge in [0.15, 0.2) is 11.6 Å². The van der Waals surface area contributed by atoms with Crippen LogP contribution in [0.2, 0.25) is 0 Å². The highest BCUT2D eigenvalue weighted by Crippen LogP contribution is 2.20. The molecule has 2 heterocycles. The van der Waals surface area contributed by atoms with Crippen LogP contribution in [0.3, 0.4) is 0 Å². The van der Waals surface area contributed by atoms with E-state index in [0.717, 1.165) is 0 Å². The molecule has 0 radical (unpaired) electrons. The predicted octanol–water partition coefficient (Wildman–Crippen LogP) is 1.38. The Morgan fingerprint density at radius 1 is 1.36 bits per heavy atom. The van der Waals surface area contributed by atoms with Gasteiger partial charge < -0.3 is 19.2 Å². The lowest BCUT2D eigenvalue weighted by molar-refractivity contribution is -0.147. The van der Waals surface area contributed by atoms with Crippen molar-refractivity contribution in [3.05, 3.63) is 17.3 Å². The molecule has 22 heavy (non-hydrogen) atoms. The summed E-state index contributed by atoms with van der Waals surface area (Å²) in [6, 6.07) is -0.687. The third-order valence-electron chi connectivity index (χ3n) is 3.68. The molecule has 0 aromatic carbocycles. The van der Waals surface area contributed by atoms with Crippen molar-refractivity contribution >= 4 is 11.9 Å². The SMILES string of the molecule is CCOC(=O)C(NC(=O)c1nc(C)oc1C)C1CCOCC1. The number of nitrogens with one attached hydrogen (secondary N) is 1. The first-order chi connectivity index (χ1) is 10.5. The van der Waals surface area contributed by atoms with E-state index in [0.29, 0.717) is 37.7 Å². The Labute approximate surface area is 129 Å². The van der Waals surface area contributed by atoms with Gasteiger partial charge in [-0.15, -0.1) is 0 Å². The monoisotopic (exact) mass is 310 g/mol. The van der Waals surface area contributed by atoms with Crippen LogP contribution < -0.4 is 5.32 Å². The number of esters is 1. The van der Waals surface area contributed by atoms with Gasteiger partial charge in [-0.25, -0.2) is 9.78 Å². The number of hydrogen-bond donors (Lipinski definition) is 1. The fraction of sp³-hybridized carbons (Fsp3) is 0.667. The molecular weight excluding hydrogens is 288 g/mol. The molecule has 1 aliphatic rings. The zero-order chi connectivity index (χ0) is 16.1. The van der Waals surface area contributed by atoms with E-state index in [1.165, 1.54) is 0 Å². The summed E-state index contributed by atoms with van der Waals surface area (Å²) < 4.78 is 15.7. The standard InChI is InChI=1S/C15H22N2O5/c1-4-21-15(19)13(11-5-7-20-8-6-11)17-14(18)12-9(2)22-10(3)16-12/h11,13H,4-8H2,1-3H3,(H,17,18). The molecule has 122 valence electrons. The van der Waals surface area contributed by atoms with E-state index in [-0.39, 0.29) is 18.2 Å². The molecule has 2 rings (SSSR count). The normalized spacial score (nSPS) is 17.0. The van der Waals surface area contributed by atoms with Gasteiger partial charge in [-0.2, -0.15) is 0 Å². The van der Waals surface area contributed by atoms with Crippen molar-refractivity contribution in [1.29, 1.82) is 0 Å². The average molecular weight is 310 g/mol. The lowest BCUT2D eigenvalue weighted by atomic mass is 9.91. The van der Waals surface area contributed by atoms with Gasteiger partial charge in [0.1, 0.15) is 11.8 Å². The summed E-state index contributed by atoms with van der Waals surface area (Å²) in [7, 11) is 0. The minimum atomic E-state index is -0.687. The Morgan fingerprint density at radius 3 is 2.59 bits per heavy atom. The molecule has 0 bridgehead atoms. The van der Waals surface area contributed by atoms with Crippen molar-refractivity contribution in [1.82, 2.24) is 10.3 Å². The van der Waals surface area contributed by atoms with E-state index in [1.54, 1.807) is 20.8 Å². The zero-order valence-electron chi connectivity index (χ0n) is 13.2. The number of ether oxygens (including phenoxy) is 2. The van der Waals surface area contributed by atoms with E-state index in [1.807, 2.05) is 0 Å². The van der Waals surface area contributed by atoms with Crippen LogP contribution in [0.5, 0.6) is 0 Å². The van der Waals surface area contributed by atoms with Crippen molar-refractivity contribution in [3.63, 3.8) is 0 Å². The summed E-state index contributed by atoms with van der Waals surface area (Å²) in [5.41, 5.74) is 0.207. The molecule has 1 fully saturated rings. The quantitative estimate of drug-likeness (QED) is 0.826. The Kier molecular flexibility index (Phi) is 5.54. The van der Waals surface area contributed by atoms with Gasteiger partial charge in [0.2, 0.25) is 0 Å². The molecular formula is C15H22N2O5. The van der Waals surface area contributed by atoms with Gasteiger partial charge in [-0.3, -0.25) is 4.79 Å². The van der Waals surface area contributed by atoms with E-state index < -0.39 is 17.9 Å². The molecule has 1 atom stereocenters. The molecule has 7 nitrogen and oxygen atoms in total. The Hall–Kier alpha value is -1.89. The van der Waals surface area contributed by atoms with E-state index in [4.69, 9.17) is 13.9 Å². The minimum absolute atomic E-state index is 0.00468. The molecule has 7 heteroatoms. The first-order valence-corrected chi connectivity index (χ1v) is 7.52. The molecule has 1 aliphatic heterocycles. The maximum absolute atomic E-state index is 12.4. The number of amides is 1. The summed E-state index contributed by atoms with van der Waals surface area (Å²) in [6.07, 6.45) is 1.42. The Bertz CT molecular complexity index is 534. The highest BCUT2D eigenvalue weighted by Gasteiger charge is 2.33. The van der Waals surface area contributed by atoms with Crippen molar-refractivity contribution < 1.29 is 23.5 Å². The average Bonchev–Trinajstić information content (AvgIpc) is 2.84. The van der Waals surface area contributed by atoms with Crippen LogP contribution in [-0.4, -0.2) is 42.7 Å². The van der Waals surface area contributed by atoms with Crippen molar-refractivity contribution in [2.24, 2.45) is 5.92 Å². The van der Waals surface area contributed by atoms with Gasteiger partial charge in [-0.1, -0.05) is 0 Å². The third-order valence-corrected chi connectivity index (χ3v) is 3.68. The van der Waals surface area contributed by atoms with Crippen molar-refractivity contribution in [3.8, 4) is 0 Å². The smallest absolute Gasteiger partial charge is 0.328 e. The highest BCUT2D eigenvalue weighted by molar-refractivity contribution is 5.96. The van der Waals surface area contributed by atoms with Crippen LogP contribution in [0.4, 0.5) is 0 Å². The summed E-state index contributed by atoms with van der Waals surface area (Å²) >= 11 is 0. The highest BCUT2D eigenvalue weighted by atomic mass is 16.5. The Morgan fingerprint density at radius 2 is 2.05 bits per heavy atom. The molecule has 1 N–H and O–H groups in total. The number of oxazole rings is 1. The molecule has 1 saturated heterocycles. The second-order valence-electron chi connectivity index (χ2n) is 5.29. The number of rotatable bonds is 5. The van der Waals surface area contributed by atoms with Gasteiger partial charge >= 0.3 is 5.97 Å². The van der Waals surface area contributed by atoms with Crippen LogP contribution in [0.25, 0.3) is 0 Å². The van der Waals surface area contributed by atoms with Crippen LogP contribution in [0.1, 0.15) is 41.9 Å². The van der Waals surface area contributed by atoms with Crippen molar-refractivity contribution in [2.75, 3.05) is 19.8 Å². The summed E-state index contributed by atoms with van der Waals surface area (Å²) in [4.78, 5) is 28.6. The minimum Gasteiger partial charge on any atom is -0.464 e. The number of carbonyl (C=O) groups excluding carboxylic acids is 2. The van der Waals surface area contributed by atoms with Crippen molar-refractivity contribution in [2.45, 2.75) is 39.7 Å². The maximum atomic E-state index is 12.4. The molecule has 0 aliphatic carbocycles. The topological polar surface area (TPSA) is 90.7 Å². The largest absolute Gasteiger partial charge is 0.464 e. The first kappa shape index (κ1) is 16.5. The van der Waals surface area contributed by atoms with E-state index in [2.05, 4.69) is 10.3 Å². The van der Waals surface area contributed by atoms with Gasteiger partial charge in [0.05, 0.1) is 6.61 Å². The molecule has 1 amide bonds. The predicted molar refractivity (Wildman–Crippen MR) is 77.4 cm³/mol. The fourth-order valence-electron chi connectivity index (χ4n) is 2.60. The summed E-state index contributed by atoms with van der Waals surface area (Å²) in [6.45, 7) is 6.52. The second kappa shape index (κ2) is 7.40. The van der Waals surface area contributed by atoms with E-state index in [9.17, 15) is 9.59 Å². The summed E-state index contributed by atoms with van der Waals surface area (Å²) in [5, 5.41) is 2.75. The first-order valence-electron chi connectivity index (χ1n) is 7.52. The van der Waals surface area contributed by atoms with Crippen LogP contribution in [0.15, 0.2) is 4.42 Å². The van der Waals surface area contributed by atoms with E-state index >= 15 is 0 Å². The molecule has 0 spiro atoms. The second-order valence-corrected chi connectivity index (χ2v) is 5.29. The molecule has 1 aromatic rings. The molecule has 0 saturated carbocycles. The summed E-state index contributed by atoms with van der Waals surface area (Å²) in [5.74, 6) is 0.0237. The fourth-order valence-corrected chi connectivity index (χ4v) is 2.60. The number of aromatic nitrogens is 1. The number of aryl methyl sites for hydroxylation is 2. The van der Waals surface area contributed by atoms with Crippen LogP contribution in [-0.2, 0) is 14.3 Å². The number of carbonyl (C=O) groups is 2.